The van der Waals surface area contributed by atoms with Crippen LogP contribution < -0.4 is 10.2 Å². The van der Waals surface area contributed by atoms with Crippen LogP contribution in [0.1, 0.15) is 49.6 Å². The molecule has 36 heavy (non-hydrogen) atoms. The lowest BCUT2D eigenvalue weighted by molar-refractivity contribution is -0.192. The quantitative estimate of drug-likeness (QED) is 0.369. The number of H-pyrrole nitrogens is 1. The second-order valence-corrected chi connectivity index (χ2v) is 10.9. The molecule has 2 aliphatic rings. The molecule has 0 spiro atoms. The number of carbonyl (C=O) groups excluding carboxylic acids is 1. The van der Waals surface area contributed by atoms with Crippen molar-refractivity contribution < 1.29 is 18.0 Å². The summed E-state index contributed by atoms with van der Waals surface area (Å²) in [5.41, 5.74) is 1.81. The Morgan fingerprint density at radius 3 is 2.56 bits per heavy atom. The van der Waals surface area contributed by atoms with Crippen molar-refractivity contribution in [3.63, 3.8) is 0 Å². The van der Waals surface area contributed by atoms with Gasteiger partial charge in [0.05, 0.1) is 21.7 Å². The number of hydrogen-bond donors (Lipinski definition) is 2. The molecule has 2 heterocycles. The van der Waals surface area contributed by atoms with E-state index in [1.165, 1.54) is 0 Å². The lowest BCUT2D eigenvalue weighted by Gasteiger charge is -2.32. The van der Waals surface area contributed by atoms with Crippen LogP contribution in [-0.2, 0) is 17.8 Å². The van der Waals surface area contributed by atoms with Crippen molar-refractivity contribution in [1.82, 2.24) is 15.3 Å². The molecular weight excluding hydrogens is 512 g/mol. The summed E-state index contributed by atoms with van der Waals surface area (Å²) in [5.74, 6) is 0.441. The van der Waals surface area contributed by atoms with Gasteiger partial charge in [0, 0.05) is 31.1 Å². The van der Waals surface area contributed by atoms with Gasteiger partial charge < -0.3 is 15.2 Å². The molecular formula is C26H27Cl2F3N4O. The van der Waals surface area contributed by atoms with E-state index in [-0.39, 0.29) is 19.4 Å². The van der Waals surface area contributed by atoms with E-state index in [1.54, 1.807) is 18.2 Å². The molecule has 1 saturated carbocycles. The van der Waals surface area contributed by atoms with Crippen LogP contribution in [0.2, 0.25) is 10.0 Å². The molecule has 2 aromatic carbocycles. The molecule has 10 heteroatoms. The number of aromatic amines is 1. The number of rotatable bonds is 6. The predicted octanol–water partition coefficient (Wildman–Crippen LogP) is 6.66. The van der Waals surface area contributed by atoms with E-state index in [0.717, 1.165) is 48.2 Å². The number of carbonyl (C=O) groups is 1. The van der Waals surface area contributed by atoms with Crippen molar-refractivity contribution in [2.75, 3.05) is 18.0 Å². The van der Waals surface area contributed by atoms with E-state index >= 15 is 0 Å². The summed E-state index contributed by atoms with van der Waals surface area (Å²) < 4.78 is 39.6. The maximum Gasteiger partial charge on any atom is 0.403 e. The van der Waals surface area contributed by atoms with Crippen molar-refractivity contribution >= 4 is 45.8 Å². The van der Waals surface area contributed by atoms with Crippen molar-refractivity contribution in [3.05, 3.63) is 57.3 Å². The SMILES string of the molecule is CC1CCN(c2cc3nc(Cc4cc(CNC(=O)C5(C(F)(F)F)CC5)ccc4Cl)[nH]c3cc2Cl)CC1. The van der Waals surface area contributed by atoms with E-state index in [4.69, 9.17) is 28.2 Å². The molecule has 0 radical (unpaired) electrons. The van der Waals surface area contributed by atoms with Gasteiger partial charge in [-0.2, -0.15) is 13.2 Å². The monoisotopic (exact) mass is 538 g/mol. The number of amides is 1. The first kappa shape index (κ1) is 25.2. The number of anilines is 1. The minimum atomic E-state index is -4.53. The standard InChI is InChI=1S/C26H27Cl2F3N4O/c1-15-4-8-35(9-5-15)22-13-21-20(12-19(22)28)33-23(34-21)11-17-10-16(2-3-18(17)27)14-32-24(36)25(6-7-25)26(29,30)31/h2-3,10,12-13,15H,4-9,11,14H2,1H3,(H,32,36)(H,33,34). The third-order valence-electron chi connectivity index (χ3n) is 7.37. The number of alkyl halides is 3. The summed E-state index contributed by atoms with van der Waals surface area (Å²) in [7, 11) is 0. The van der Waals surface area contributed by atoms with Crippen molar-refractivity contribution in [3.8, 4) is 0 Å². The third kappa shape index (κ3) is 4.90. The summed E-state index contributed by atoms with van der Waals surface area (Å²) in [5, 5.41) is 3.63. The summed E-state index contributed by atoms with van der Waals surface area (Å²) in [6.07, 6.45) is -2.19. The van der Waals surface area contributed by atoms with Crippen LogP contribution in [0.5, 0.6) is 0 Å². The number of halogens is 5. The van der Waals surface area contributed by atoms with Crippen LogP contribution in [0.15, 0.2) is 30.3 Å². The molecule has 2 N–H and O–H groups in total. The molecule has 1 amide bonds. The molecule has 0 unspecified atom stereocenters. The molecule has 1 aromatic heterocycles. The average molecular weight is 539 g/mol. The number of aromatic nitrogens is 2. The first-order chi connectivity index (χ1) is 17.1. The molecule has 2 fully saturated rings. The summed E-state index contributed by atoms with van der Waals surface area (Å²) in [4.78, 5) is 22.5. The molecule has 192 valence electrons. The van der Waals surface area contributed by atoms with Crippen LogP contribution in [0.3, 0.4) is 0 Å². The van der Waals surface area contributed by atoms with Gasteiger partial charge in [-0.1, -0.05) is 42.3 Å². The Kier molecular flexibility index (Phi) is 6.62. The average Bonchev–Trinajstić information content (AvgIpc) is 3.56. The Balaban J connectivity index is 1.30. The first-order valence-electron chi connectivity index (χ1n) is 12.1. The molecule has 3 aromatic rings. The van der Waals surface area contributed by atoms with E-state index < -0.39 is 17.5 Å². The lowest BCUT2D eigenvalue weighted by atomic mass is 9.99. The normalized spacial score (nSPS) is 18.0. The predicted molar refractivity (Wildman–Crippen MR) is 136 cm³/mol. The van der Waals surface area contributed by atoms with Gasteiger partial charge in [0.2, 0.25) is 5.91 Å². The molecule has 1 aliphatic carbocycles. The van der Waals surface area contributed by atoms with E-state index in [2.05, 4.69) is 22.1 Å². The van der Waals surface area contributed by atoms with Crippen LogP contribution in [0.4, 0.5) is 18.9 Å². The van der Waals surface area contributed by atoms with Gasteiger partial charge in [-0.15, -0.1) is 0 Å². The van der Waals surface area contributed by atoms with Crippen LogP contribution in [0.25, 0.3) is 11.0 Å². The van der Waals surface area contributed by atoms with Crippen LogP contribution in [-0.4, -0.2) is 35.1 Å². The lowest BCUT2D eigenvalue weighted by Crippen LogP contribution is -2.40. The molecule has 5 rings (SSSR count). The van der Waals surface area contributed by atoms with Gasteiger partial charge in [0.15, 0.2) is 0 Å². The van der Waals surface area contributed by atoms with E-state index in [0.29, 0.717) is 33.8 Å². The minimum absolute atomic E-state index is 0.00557. The van der Waals surface area contributed by atoms with Gasteiger partial charge in [0.1, 0.15) is 11.2 Å². The zero-order valence-corrected chi connectivity index (χ0v) is 21.3. The number of piperidine rings is 1. The molecule has 1 saturated heterocycles. The van der Waals surface area contributed by atoms with Crippen molar-refractivity contribution in [2.45, 2.75) is 51.7 Å². The molecule has 0 atom stereocenters. The highest BCUT2D eigenvalue weighted by Gasteiger charge is 2.68. The largest absolute Gasteiger partial charge is 0.403 e. The van der Waals surface area contributed by atoms with Gasteiger partial charge in [-0.25, -0.2) is 4.98 Å². The smallest absolute Gasteiger partial charge is 0.370 e. The highest BCUT2D eigenvalue weighted by molar-refractivity contribution is 6.34. The zero-order chi connectivity index (χ0) is 25.7. The van der Waals surface area contributed by atoms with Gasteiger partial charge in [0.25, 0.3) is 0 Å². The Hall–Kier alpha value is -2.45. The molecule has 5 nitrogen and oxygen atoms in total. The Morgan fingerprint density at radius 1 is 1.17 bits per heavy atom. The van der Waals surface area contributed by atoms with E-state index in [9.17, 15) is 18.0 Å². The van der Waals surface area contributed by atoms with Crippen LogP contribution >= 0.6 is 23.2 Å². The van der Waals surface area contributed by atoms with Crippen LogP contribution in [0, 0.1) is 11.3 Å². The molecule has 0 bridgehead atoms. The van der Waals surface area contributed by atoms with Gasteiger partial charge in [-0.3, -0.25) is 4.79 Å². The van der Waals surface area contributed by atoms with Crippen molar-refractivity contribution in [1.29, 1.82) is 0 Å². The third-order valence-corrected chi connectivity index (χ3v) is 8.04. The van der Waals surface area contributed by atoms with Gasteiger partial charge >= 0.3 is 6.18 Å². The van der Waals surface area contributed by atoms with E-state index in [1.807, 2.05) is 12.1 Å². The fraction of sp³-hybridized carbons (Fsp3) is 0.462. The fourth-order valence-electron chi connectivity index (χ4n) is 4.82. The Bertz CT molecular complexity index is 1290. The molecule has 1 aliphatic heterocycles. The van der Waals surface area contributed by atoms with Gasteiger partial charge in [-0.05, 0) is 60.9 Å². The number of benzene rings is 2. The summed E-state index contributed by atoms with van der Waals surface area (Å²) >= 11 is 13.0. The Morgan fingerprint density at radius 2 is 1.89 bits per heavy atom. The maximum absolute atomic E-state index is 13.2. The number of imidazole rings is 1. The Labute approximate surface area is 217 Å². The summed E-state index contributed by atoms with van der Waals surface area (Å²) in [6, 6.07) is 9.07. The topological polar surface area (TPSA) is 61.0 Å². The van der Waals surface area contributed by atoms with Crippen molar-refractivity contribution in [2.24, 2.45) is 11.3 Å². The number of fused-ring (bicyclic) bond motifs is 1. The number of nitrogens with one attached hydrogen (secondary N) is 2. The highest BCUT2D eigenvalue weighted by atomic mass is 35.5. The highest BCUT2D eigenvalue weighted by Crippen LogP contribution is 2.57. The fourth-order valence-corrected chi connectivity index (χ4v) is 5.29. The second kappa shape index (κ2) is 9.45. The first-order valence-corrected chi connectivity index (χ1v) is 12.9. The maximum atomic E-state index is 13.2. The number of hydrogen-bond acceptors (Lipinski definition) is 3. The number of nitrogens with zero attached hydrogens (tertiary/aromatic N) is 2. The minimum Gasteiger partial charge on any atom is -0.370 e. The zero-order valence-electron chi connectivity index (χ0n) is 19.8. The second-order valence-electron chi connectivity index (χ2n) is 10.0. The summed E-state index contributed by atoms with van der Waals surface area (Å²) in [6.45, 7) is 4.19.